The Labute approximate surface area is 99.7 Å². The summed E-state index contributed by atoms with van der Waals surface area (Å²) in [5, 5.41) is 12.0. The summed E-state index contributed by atoms with van der Waals surface area (Å²) < 4.78 is 0. The zero-order valence-electron chi connectivity index (χ0n) is 9.49. The molecule has 0 saturated carbocycles. The zero-order chi connectivity index (χ0) is 12.5. The van der Waals surface area contributed by atoms with Crippen molar-refractivity contribution in [3.05, 3.63) is 46.3 Å². The van der Waals surface area contributed by atoms with Gasteiger partial charge in [0, 0.05) is 4.91 Å². The molecule has 0 aliphatic heterocycles. The fraction of sp³-hybridized carbons (Fsp3) is 0.417. The van der Waals surface area contributed by atoms with Crippen molar-refractivity contribution in [2.75, 3.05) is 0 Å². The molecule has 1 aromatic rings. The van der Waals surface area contributed by atoms with E-state index in [9.17, 15) is 4.79 Å². The van der Waals surface area contributed by atoms with Crippen LogP contribution in [0.1, 0.15) is 24.8 Å². The van der Waals surface area contributed by atoms with Crippen molar-refractivity contribution >= 4 is 5.97 Å². The van der Waals surface area contributed by atoms with Gasteiger partial charge in [-0.1, -0.05) is 41.9 Å². The molecule has 0 amide bonds. The average molecular weight is 233 g/mol. The first-order valence-electron chi connectivity index (χ1n) is 5.55. The van der Waals surface area contributed by atoms with E-state index >= 15 is 0 Å². The number of rotatable bonds is 7. The molecule has 1 aromatic carbocycles. The second-order valence-corrected chi connectivity index (χ2v) is 3.79. The van der Waals surface area contributed by atoms with Gasteiger partial charge in [-0.05, 0) is 30.4 Å². The second-order valence-electron chi connectivity index (χ2n) is 3.79. The maximum Gasteiger partial charge on any atom is 0.312 e. The topological polar surface area (TPSA) is 86.1 Å². The summed E-state index contributed by atoms with van der Waals surface area (Å²) in [6.45, 7) is 0. The number of carbonyl (C=O) groups is 1. The number of benzene rings is 1. The van der Waals surface area contributed by atoms with Crippen molar-refractivity contribution in [3.8, 4) is 0 Å². The number of aryl methyl sites for hydroxylation is 1. The Morgan fingerprint density at radius 3 is 2.65 bits per heavy atom. The van der Waals surface area contributed by atoms with Gasteiger partial charge in [0.2, 0.25) is 0 Å². The monoisotopic (exact) mass is 233 g/mol. The van der Waals surface area contributed by atoms with Crippen LogP contribution in [0, 0.1) is 0 Å². The summed E-state index contributed by atoms with van der Waals surface area (Å²) in [6, 6.07) is 9.08. The molecule has 5 heteroatoms. The van der Waals surface area contributed by atoms with Gasteiger partial charge in [-0.15, -0.1) is 0 Å². The quantitative estimate of drug-likeness (QED) is 0.339. The van der Waals surface area contributed by atoms with Gasteiger partial charge in [-0.25, -0.2) is 0 Å². The van der Waals surface area contributed by atoms with Gasteiger partial charge in [-0.3, -0.25) is 4.79 Å². The summed E-state index contributed by atoms with van der Waals surface area (Å²) >= 11 is 0. The van der Waals surface area contributed by atoms with Crippen LogP contribution in [0.3, 0.4) is 0 Å². The van der Waals surface area contributed by atoms with E-state index < -0.39 is 12.0 Å². The highest BCUT2D eigenvalue weighted by Crippen LogP contribution is 2.10. The van der Waals surface area contributed by atoms with Crippen LogP contribution in [-0.4, -0.2) is 17.1 Å². The van der Waals surface area contributed by atoms with Crippen molar-refractivity contribution in [2.24, 2.45) is 5.11 Å². The highest BCUT2D eigenvalue weighted by atomic mass is 16.4. The molecule has 1 rings (SSSR count). The minimum atomic E-state index is -1.05. The van der Waals surface area contributed by atoms with Gasteiger partial charge in [-0.2, -0.15) is 0 Å². The Hall–Kier alpha value is -2.00. The lowest BCUT2D eigenvalue weighted by Gasteiger charge is -2.05. The van der Waals surface area contributed by atoms with Crippen molar-refractivity contribution in [1.29, 1.82) is 0 Å². The van der Waals surface area contributed by atoms with Crippen LogP contribution in [0.2, 0.25) is 0 Å². The molecule has 0 saturated heterocycles. The predicted octanol–water partition coefficient (Wildman–Crippen LogP) is 3.16. The van der Waals surface area contributed by atoms with E-state index in [2.05, 4.69) is 10.0 Å². The summed E-state index contributed by atoms with van der Waals surface area (Å²) in [5.74, 6) is -1.05. The minimum Gasteiger partial charge on any atom is -0.481 e. The van der Waals surface area contributed by atoms with Gasteiger partial charge in [0.15, 0.2) is 0 Å². The molecule has 5 nitrogen and oxygen atoms in total. The van der Waals surface area contributed by atoms with Crippen molar-refractivity contribution in [2.45, 2.75) is 31.7 Å². The lowest BCUT2D eigenvalue weighted by atomic mass is 10.0. The Balaban J connectivity index is 2.28. The Kier molecular flexibility index (Phi) is 5.61. The number of unbranched alkanes of at least 4 members (excludes halogenated alkanes) is 1. The number of carboxylic acids is 1. The van der Waals surface area contributed by atoms with Crippen molar-refractivity contribution < 1.29 is 9.90 Å². The first-order valence-corrected chi connectivity index (χ1v) is 5.55. The van der Waals surface area contributed by atoms with Crippen molar-refractivity contribution in [1.82, 2.24) is 0 Å². The molecule has 0 heterocycles. The molecule has 0 spiro atoms. The molecule has 90 valence electrons. The second kappa shape index (κ2) is 7.30. The molecule has 0 fully saturated rings. The number of hydrogen-bond acceptors (Lipinski definition) is 2. The van der Waals surface area contributed by atoms with Gasteiger partial charge in [0.1, 0.15) is 6.04 Å². The van der Waals surface area contributed by atoms with Crippen LogP contribution in [0.15, 0.2) is 35.4 Å². The highest BCUT2D eigenvalue weighted by molar-refractivity contribution is 5.73. The third kappa shape index (κ3) is 5.04. The first kappa shape index (κ1) is 13.1. The summed E-state index contributed by atoms with van der Waals surface area (Å²) in [6.07, 6.45) is 2.95. The average Bonchev–Trinajstić information content (AvgIpc) is 2.34. The lowest BCUT2D eigenvalue weighted by Crippen LogP contribution is -2.16. The normalized spacial score (nSPS) is 11.5. The van der Waals surface area contributed by atoms with Gasteiger partial charge >= 0.3 is 5.97 Å². The number of hydrogen-bond donors (Lipinski definition) is 1. The predicted molar refractivity (Wildman–Crippen MR) is 64.6 cm³/mol. The van der Waals surface area contributed by atoms with E-state index in [4.69, 9.17) is 10.6 Å². The maximum absolute atomic E-state index is 10.7. The SMILES string of the molecule is [N-]=[N+]=N[C@@H](CCCCc1ccccc1)C(=O)O. The summed E-state index contributed by atoms with van der Waals surface area (Å²) in [5.41, 5.74) is 9.45. The molecule has 17 heavy (non-hydrogen) atoms. The molecule has 0 aliphatic carbocycles. The van der Waals surface area contributed by atoms with E-state index in [-0.39, 0.29) is 0 Å². The molecule has 1 atom stereocenters. The molecular formula is C12H15N3O2. The van der Waals surface area contributed by atoms with Crippen LogP contribution in [-0.2, 0) is 11.2 Å². The van der Waals surface area contributed by atoms with Gasteiger partial charge < -0.3 is 5.11 Å². The van der Waals surface area contributed by atoms with E-state index in [1.54, 1.807) is 0 Å². The van der Waals surface area contributed by atoms with Crippen molar-refractivity contribution in [3.63, 3.8) is 0 Å². The van der Waals surface area contributed by atoms with E-state index in [0.29, 0.717) is 6.42 Å². The van der Waals surface area contributed by atoms with Crippen LogP contribution in [0.4, 0.5) is 0 Å². The van der Waals surface area contributed by atoms with Crippen LogP contribution >= 0.6 is 0 Å². The fourth-order valence-corrected chi connectivity index (χ4v) is 1.60. The first-order chi connectivity index (χ1) is 8.24. The smallest absolute Gasteiger partial charge is 0.312 e. The highest BCUT2D eigenvalue weighted by Gasteiger charge is 2.14. The Bertz CT molecular complexity index is 397. The van der Waals surface area contributed by atoms with Crippen LogP contribution < -0.4 is 0 Å². The zero-order valence-corrected chi connectivity index (χ0v) is 9.49. The van der Waals surface area contributed by atoms with Crippen LogP contribution in [0.5, 0.6) is 0 Å². The molecule has 0 unspecified atom stereocenters. The standard InChI is InChI=1S/C12H15N3O2/c13-15-14-11(12(16)17)9-5-4-8-10-6-2-1-3-7-10/h1-3,6-7,11H,4-5,8-9H2,(H,16,17)/t11-/m0/s1. The molecule has 0 radical (unpaired) electrons. The third-order valence-electron chi connectivity index (χ3n) is 2.51. The minimum absolute atomic E-state index is 0.395. The third-order valence-corrected chi connectivity index (χ3v) is 2.51. The number of aliphatic carboxylic acids is 1. The Morgan fingerprint density at radius 1 is 1.35 bits per heavy atom. The summed E-state index contributed by atoms with van der Waals surface area (Å²) in [4.78, 5) is 13.2. The van der Waals surface area contributed by atoms with E-state index in [1.165, 1.54) is 5.56 Å². The molecule has 0 aliphatic rings. The number of azide groups is 1. The molecule has 0 aromatic heterocycles. The Morgan fingerprint density at radius 2 is 2.06 bits per heavy atom. The van der Waals surface area contributed by atoms with Gasteiger partial charge in [0.05, 0.1) is 0 Å². The summed E-state index contributed by atoms with van der Waals surface area (Å²) in [7, 11) is 0. The van der Waals surface area contributed by atoms with E-state index in [0.717, 1.165) is 19.3 Å². The molecule has 1 N–H and O–H groups in total. The largest absolute Gasteiger partial charge is 0.481 e. The number of nitrogens with zero attached hydrogens (tertiary/aromatic N) is 3. The van der Waals surface area contributed by atoms with Gasteiger partial charge in [0.25, 0.3) is 0 Å². The lowest BCUT2D eigenvalue weighted by molar-refractivity contribution is -0.138. The molecule has 0 bridgehead atoms. The maximum atomic E-state index is 10.7. The fourth-order valence-electron chi connectivity index (χ4n) is 1.60. The van der Waals surface area contributed by atoms with Crippen LogP contribution in [0.25, 0.3) is 10.4 Å². The molecular weight excluding hydrogens is 218 g/mol. The van der Waals surface area contributed by atoms with E-state index in [1.807, 2.05) is 30.3 Å². The number of carboxylic acid groups (broad SMARTS) is 1.